The minimum atomic E-state index is 0.343. The van der Waals surface area contributed by atoms with Crippen molar-refractivity contribution in [3.8, 4) is 5.75 Å². The molecule has 0 aliphatic rings. The van der Waals surface area contributed by atoms with E-state index in [0.717, 1.165) is 10.8 Å². The zero-order valence-corrected chi connectivity index (χ0v) is 5.98. The third-order valence-electron chi connectivity index (χ3n) is 1.43. The first kappa shape index (κ1) is 5.74. The maximum absolute atomic E-state index is 9.25. The average molecular weight is 149 g/mol. The topological polar surface area (TPSA) is 20.2 Å². The molecule has 0 unspecified atom stereocenters. The minimum Gasteiger partial charge on any atom is -0.507 e. The number of thiophene rings is 1. The van der Waals surface area contributed by atoms with E-state index in [1.807, 2.05) is 17.5 Å². The summed E-state index contributed by atoms with van der Waals surface area (Å²) < 4.78 is 0. The first-order valence-electron chi connectivity index (χ1n) is 2.95. The van der Waals surface area contributed by atoms with Gasteiger partial charge in [-0.25, -0.2) is 0 Å². The molecule has 1 aromatic carbocycles. The molecule has 0 saturated carbocycles. The van der Waals surface area contributed by atoms with Gasteiger partial charge in [0, 0.05) is 16.2 Å². The lowest BCUT2D eigenvalue weighted by atomic mass is 10.2. The quantitative estimate of drug-likeness (QED) is 0.609. The van der Waals surface area contributed by atoms with Crippen LogP contribution in [-0.2, 0) is 0 Å². The van der Waals surface area contributed by atoms with Crippen molar-refractivity contribution in [1.29, 1.82) is 0 Å². The Kier molecular flexibility index (Phi) is 1.14. The van der Waals surface area contributed by atoms with Crippen LogP contribution >= 0.6 is 11.3 Å². The summed E-state index contributed by atoms with van der Waals surface area (Å²) in [6, 6.07) is 5.44. The van der Waals surface area contributed by atoms with Crippen molar-refractivity contribution in [2.45, 2.75) is 0 Å². The Morgan fingerprint density at radius 2 is 2.30 bits per heavy atom. The molecule has 0 aliphatic heterocycles. The van der Waals surface area contributed by atoms with Crippen molar-refractivity contribution < 1.29 is 5.11 Å². The van der Waals surface area contributed by atoms with E-state index in [-0.39, 0.29) is 0 Å². The van der Waals surface area contributed by atoms with E-state index in [4.69, 9.17) is 0 Å². The summed E-state index contributed by atoms with van der Waals surface area (Å²) in [6.45, 7) is 0. The third kappa shape index (κ3) is 0.693. The van der Waals surface area contributed by atoms with Gasteiger partial charge in [0.05, 0.1) is 5.38 Å². The normalized spacial score (nSPS) is 10.4. The Morgan fingerprint density at radius 3 is 3.10 bits per heavy atom. The van der Waals surface area contributed by atoms with Gasteiger partial charge in [-0.1, -0.05) is 12.1 Å². The first-order valence-corrected chi connectivity index (χ1v) is 3.83. The number of fused-ring (bicyclic) bond motifs is 1. The molecule has 1 heterocycles. The first-order chi connectivity index (χ1) is 4.88. The van der Waals surface area contributed by atoms with Crippen LogP contribution < -0.4 is 0 Å². The van der Waals surface area contributed by atoms with Crippen molar-refractivity contribution in [3.63, 3.8) is 0 Å². The molecule has 2 heteroatoms. The second-order valence-corrected chi connectivity index (χ2v) is 2.75. The fourth-order valence-corrected chi connectivity index (χ4v) is 1.65. The molecule has 0 saturated heterocycles. The summed E-state index contributed by atoms with van der Waals surface area (Å²) in [5.74, 6) is 0.343. The molecule has 0 atom stereocenters. The lowest BCUT2D eigenvalue weighted by Crippen LogP contribution is -1.64. The summed E-state index contributed by atoms with van der Waals surface area (Å²) >= 11 is 1.48. The number of rotatable bonds is 0. The Morgan fingerprint density at radius 1 is 1.40 bits per heavy atom. The van der Waals surface area contributed by atoms with Gasteiger partial charge in [0.1, 0.15) is 5.75 Å². The predicted molar refractivity (Wildman–Crippen MR) is 42.3 cm³/mol. The summed E-state index contributed by atoms with van der Waals surface area (Å²) in [6.07, 6.45) is 0. The molecule has 2 aromatic rings. The van der Waals surface area contributed by atoms with Crippen LogP contribution in [0.4, 0.5) is 0 Å². The second kappa shape index (κ2) is 1.99. The highest BCUT2D eigenvalue weighted by Gasteiger charge is 1.97. The highest BCUT2D eigenvalue weighted by atomic mass is 32.1. The largest absolute Gasteiger partial charge is 0.507 e. The number of benzene rings is 1. The molecule has 1 N–H and O–H groups in total. The molecular formula is C8H5OS. The lowest BCUT2D eigenvalue weighted by Gasteiger charge is -1.90. The van der Waals surface area contributed by atoms with Crippen molar-refractivity contribution in [2.75, 3.05) is 0 Å². The summed E-state index contributed by atoms with van der Waals surface area (Å²) in [4.78, 5) is 0. The molecule has 2 rings (SSSR count). The lowest BCUT2D eigenvalue weighted by molar-refractivity contribution is 0.482. The van der Waals surface area contributed by atoms with E-state index in [9.17, 15) is 5.11 Å². The number of aromatic hydroxyl groups is 1. The van der Waals surface area contributed by atoms with Gasteiger partial charge in [-0.15, -0.1) is 11.3 Å². The molecule has 1 nitrogen and oxygen atoms in total. The molecule has 0 amide bonds. The molecule has 10 heavy (non-hydrogen) atoms. The molecule has 0 fully saturated rings. The van der Waals surface area contributed by atoms with Crippen molar-refractivity contribution >= 4 is 22.1 Å². The van der Waals surface area contributed by atoms with Crippen LogP contribution in [0.5, 0.6) is 5.75 Å². The zero-order chi connectivity index (χ0) is 6.97. The van der Waals surface area contributed by atoms with Crippen LogP contribution in [0.2, 0.25) is 0 Å². The molecule has 0 aliphatic carbocycles. The smallest absolute Gasteiger partial charge is 0.124 e. The van der Waals surface area contributed by atoms with Crippen LogP contribution in [0.1, 0.15) is 0 Å². The van der Waals surface area contributed by atoms with E-state index < -0.39 is 0 Å². The molecule has 0 bridgehead atoms. The highest BCUT2D eigenvalue weighted by Crippen LogP contribution is 2.26. The SMILES string of the molecule is Oc1cccc2[c]scc12. The number of hydrogen-bond acceptors (Lipinski definition) is 2. The number of phenolic OH excluding ortho intramolecular Hbond substituents is 1. The van der Waals surface area contributed by atoms with Crippen molar-refractivity contribution in [3.05, 3.63) is 29.0 Å². The Bertz CT molecular complexity index is 351. The maximum atomic E-state index is 9.25. The summed E-state index contributed by atoms with van der Waals surface area (Å²) in [5.41, 5.74) is 0. The van der Waals surface area contributed by atoms with Gasteiger partial charge in [0.25, 0.3) is 0 Å². The van der Waals surface area contributed by atoms with Crippen molar-refractivity contribution in [1.82, 2.24) is 0 Å². The third-order valence-corrected chi connectivity index (χ3v) is 2.12. The summed E-state index contributed by atoms with van der Waals surface area (Å²) in [5, 5.41) is 16.1. The fourth-order valence-electron chi connectivity index (χ4n) is 0.918. The van der Waals surface area contributed by atoms with Crippen LogP contribution in [0.15, 0.2) is 23.6 Å². The number of hydrogen-bond donors (Lipinski definition) is 1. The fraction of sp³-hybridized carbons (Fsp3) is 0. The Hall–Kier alpha value is -1.02. The van der Waals surface area contributed by atoms with Crippen LogP contribution in [0.25, 0.3) is 10.8 Å². The van der Waals surface area contributed by atoms with Gasteiger partial charge in [0.15, 0.2) is 0 Å². The van der Waals surface area contributed by atoms with E-state index in [1.165, 1.54) is 11.3 Å². The Labute approximate surface area is 62.5 Å². The van der Waals surface area contributed by atoms with Gasteiger partial charge >= 0.3 is 0 Å². The van der Waals surface area contributed by atoms with Crippen molar-refractivity contribution in [2.24, 2.45) is 0 Å². The molecule has 49 valence electrons. The average Bonchev–Trinajstić information content (AvgIpc) is 2.36. The minimum absolute atomic E-state index is 0.343. The second-order valence-electron chi connectivity index (χ2n) is 2.08. The van der Waals surface area contributed by atoms with Crippen LogP contribution in [-0.4, -0.2) is 5.11 Å². The van der Waals surface area contributed by atoms with Gasteiger partial charge in [-0.2, -0.15) is 0 Å². The van der Waals surface area contributed by atoms with Gasteiger partial charge in [0.2, 0.25) is 0 Å². The molecule has 0 spiro atoms. The van der Waals surface area contributed by atoms with Gasteiger partial charge in [-0.3, -0.25) is 0 Å². The maximum Gasteiger partial charge on any atom is 0.124 e. The van der Waals surface area contributed by atoms with Crippen LogP contribution in [0, 0.1) is 5.38 Å². The van der Waals surface area contributed by atoms with Crippen LogP contribution in [0.3, 0.4) is 0 Å². The van der Waals surface area contributed by atoms with Gasteiger partial charge in [-0.05, 0) is 6.07 Å². The molecule has 1 radical (unpaired) electrons. The van der Waals surface area contributed by atoms with E-state index in [2.05, 4.69) is 5.38 Å². The highest BCUT2D eigenvalue weighted by molar-refractivity contribution is 7.08. The Balaban J connectivity index is 2.95. The van der Waals surface area contributed by atoms with Gasteiger partial charge < -0.3 is 5.11 Å². The number of phenols is 1. The van der Waals surface area contributed by atoms with E-state index in [0.29, 0.717) is 5.75 Å². The zero-order valence-electron chi connectivity index (χ0n) is 5.16. The molecular weight excluding hydrogens is 144 g/mol. The standard InChI is InChI=1S/C8H5OS/c9-8-3-1-2-6-4-10-5-7(6)8/h1-3,5,9H. The monoisotopic (exact) mass is 149 g/mol. The molecule has 1 aromatic heterocycles. The summed E-state index contributed by atoms with van der Waals surface area (Å²) in [7, 11) is 0. The van der Waals surface area contributed by atoms with E-state index >= 15 is 0 Å². The van der Waals surface area contributed by atoms with E-state index in [1.54, 1.807) is 6.07 Å². The predicted octanol–water partition coefficient (Wildman–Crippen LogP) is 2.41.